The number of carboxylic acids is 1. The molecule has 0 saturated carbocycles. The topological polar surface area (TPSA) is 105 Å². The first-order valence-corrected chi connectivity index (χ1v) is 7.86. The number of hydrogen-bond donors (Lipinski definition) is 3. The van der Waals surface area contributed by atoms with E-state index in [-0.39, 0.29) is 23.2 Å². The Balaban J connectivity index is 3.12. The zero-order valence-corrected chi connectivity index (χ0v) is 13.0. The standard InChI is InChI=1S/C13H20N2O5S/c1-9(2)15-21(18,19)12-7-5-4-6-10(12)14-11(8-20-3)13(16)17/h4-7,9,11,14-15H,8H2,1-3H3,(H,16,17). The van der Waals surface area contributed by atoms with Crippen LogP contribution in [0.25, 0.3) is 0 Å². The SMILES string of the molecule is COCC(Nc1ccccc1S(=O)(=O)NC(C)C)C(=O)O. The van der Waals surface area contributed by atoms with Crippen LogP contribution >= 0.6 is 0 Å². The number of methoxy groups -OCH3 is 1. The normalized spacial score (nSPS) is 13.1. The maximum Gasteiger partial charge on any atom is 0.328 e. The predicted octanol–water partition coefficient (Wildman–Crippen LogP) is 0.885. The highest BCUT2D eigenvalue weighted by Gasteiger charge is 2.23. The summed E-state index contributed by atoms with van der Waals surface area (Å²) in [6.45, 7) is 3.33. The molecular weight excluding hydrogens is 296 g/mol. The number of carboxylic acid groups (broad SMARTS) is 1. The monoisotopic (exact) mass is 316 g/mol. The molecular formula is C13H20N2O5S. The Labute approximate surface area is 124 Å². The van der Waals surface area contributed by atoms with Gasteiger partial charge in [-0.2, -0.15) is 0 Å². The summed E-state index contributed by atoms with van der Waals surface area (Å²) < 4.78 is 31.8. The number of sulfonamides is 1. The fourth-order valence-electron chi connectivity index (χ4n) is 1.72. The molecule has 1 aromatic rings. The Morgan fingerprint density at radius 2 is 1.95 bits per heavy atom. The minimum Gasteiger partial charge on any atom is -0.480 e. The average molecular weight is 316 g/mol. The average Bonchev–Trinajstić information content (AvgIpc) is 2.37. The van der Waals surface area contributed by atoms with Gasteiger partial charge in [-0.25, -0.2) is 17.9 Å². The molecule has 8 heteroatoms. The molecule has 21 heavy (non-hydrogen) atoms. The lowest BCUT2D eigenvalue weighted by Crippen LogP contribution is -2.35. The summed E-state index contributed by atoms with van der Waals surface area (Å²) in [6, 6.07) is 4.83. The van der Waals surface area contributed by atoms with Gasteiger partial charge in [-0.1, -0.05) is 12.1 Å². The van der Waals surface area contributed by atoms with Crippen LogP contribution in [0, 0.1) is 0 Å². The van der Waals surface area contributed by atoms with Crippen LogP contribution in [0.2, 0.25) is 0 Å². The summed E-state index contributed by atoms with van der Waals surface area (Å²) in [5.74, 6) is -1.12. The summed E-state index contributed by atoms with van der Waals surface area (Å²) in [5.41, 5.74) is 0.218. The second kappa shape index (κ2) is 7.39. The third kappa shape index (κ3) is 5.00. The third-order valence-corrected chi connectivity index (χ3v) is 4.25. The van der Waals surface area contributed by atoms with Crippen LogP contribution < -0.4 is 10.0 Å². The lowest BCUT2D eigenvalue weighted by Gasteiger charge is -2.18. The Kier molecular flexibility index (Phi) is 6.13. The minimum atomic E-state index is -3.72. The van der Waals surface area contributed by atoms with E-state index in [0.29, 0.717) is 0 Å². The van der Waals surface area contributed by atoms with Crippen LogP contribution in [0.15, 0.2) is 29.2 Å². The van der Waals surface area contributed by atoms with Gasteiger partial charge in [0.15, 0.2) is 0 Å². The van der Waals surface area contributed by atoms with Crippen LogP contribution in [0.4, 0.5) is 5.69 Å². The van der Waals surface area contributed by atoms with E-state index in [1.54, 1.807) is 26.0 Å². The maximum absolute atomic E-state index is 12.2. The van der Waals surface area contributed by atoms with Crippen molar-refractivity contribution in [2.24, 2.45) is 0 Å². The number of hydrogen-bond acceptors (Lipinski definition) is 5. The fourth-order valence-corrected chi connectivity index (χ4v) is 3.14. The molecule has 118 valence electrons. The highest BCUT2D eigenvalue weighted by Crippen LogP contribution is 2.21. The summed E-state index contributed by atoms with van der Waals surface area (Å²) in [4.78, 5) is 11.1. The number of ether oxygens (including phenoxy) is 1. The molecule has 0 saturated heterocycles. The molecule has 0 bridgehead atoms. The van der Waals surface area contributed by atoms with E-state index < -0.39 is 22.0 Å². The summed E-state index contributed by atoms with van der Waals surface area (Å²) in [5, 5.41) is 11.8. The number of rotatable bonds is 8. The molecule has 0 aliphatic rings. The molecule has 1 aromatic carbocycles. The van der Waals surface area contributed by atoms with Crippen molar-refractivity contribution >= 4 is 21.7 Å². The zero-order chi connectivity index (χ0) is 16.0. The maximum atomic E-state index is 12.2. The van der Waals surface area contributed by atoms with Gasteiger partial charge < -0.3 is 15.2 Å². The first kappa shape index (κ1) is 17.4. The largest absolute Gasteiger partial charge is 0.480 e. The van der Waals surface area contributed by atoms with Gasteiger partial charge >= 0.3 is 5.97 Å². The van der Waals surface area contributed by atoms with E-state index in [1.807, 2.05) is 0 Å². The smallest absolute Gasteiger partial charge is 0.328 e. The Morgan fingerprint density at radius 3 is 2.48 bits per heavy atom. The number of aliphatic carboxylic acids is 1. The number of carbonyl (C=O) groups is 1. The van der Waals surface area contributed by atoms with Crippen LogP contribution in [-0.2, 0) is 19.6 Å². The van der Waals surface area contributed by atoms with E-state index in [1.165, 1.54) is 19.2 Å². The van der Waals surface area contributed by atoms with Crippen molar-refractivity contribution in [1.82, 2.24) is 4.72 Å². The lowest BCUT2D eigenvalue weighted by molar-refractivity contribution is -0.139. The van der Waals surface area contributed by atoms with Gasteiger partial charge in [0.05, 0.1) is 12.3 Å². The van der Waals surface area contributed by atoms with E-state index in [0.717, 1.165) is 0 Å². The van der Waals surface area contributed by atoms with E-state index in [9.17, 15) is 13.2 Å². The molecule has 3 N–H and O–H groups in total. The molecule has 0 amide bonds. The van der Waals surface area contributed by atoms with Gasteiger partial charge in [0.1, 0.15) is 10.9 Å². The Hall–Kier alpha value is -1.64. The Bertz CT molecular complexity index is 586. The first-order chi connectivity index (χ1) is 9.77. The quantitative estimate of drug-likeness (QED) is 0.658. The number of anilines is 1. The molecule has 0 aliphatic carbocycles. The van der Waals surface area contributed by atoms with Crippen molar-refractivity contribution in [2.45, 2.75) is 30.8 Å². The second-order valence-electron chi connectivity index (χ2n) is 4.76. The van der Waals surface area contributed by atoms with Crippen LogP contribution in [0.3, 0.4) is 0 Å². The third-order valence-electron chi connectivity index (χ3n) is 2.53. The molecule has 1 rings (SSSR count). The fraction of sp³-hybridized carbons (Fsp3) is 0.462. The van der Waals surface area contributed by atoms with Crippen molar-refractivity contribution < 1.29 is 23.1 Å². The highest BCUT2D eigenvalue weighted by atomic mass is 32.2. The molecule has 0 spiro atoms. The Morgan fingerprint density at radius 1 is 1.33 bits per heavy atom. The van der Waals surface area contributed by atoms with Crippen LogP contribution in [-0.4, -0.2) is 45.3 Å². The van der Waals surface area contributed by atoms with Crippen molar-refractivity contribution in [3.63, 3.8) is 0 Å². The molecule has 0 heterocycles. The van der Waals surface area contributed by atoms with E-state index in [2.05, 4.69) is 10.0 Å². The van der Waals surface area contributed by atoms with Gasteiger partial charge in [-0.15, -0.1) is 0 Å². The van der Waals surface area contributed by atoms with Gasteiger partial charge in [-0.05, 0) is 26.0 Å². The molecule has 7 nitrogen and oxygen atoms in total. The predicted molar refractivity (Wildman–Crippen MR) is 78.8 cm³/mol. The number of benzene rings is 1. The van der Waals surface area contributed by atoms with Gasteiger partial charge in [0.2, 0.25) is 10.0 Å². The van der Waals surface area contributed by atoms with Crippen molar-refractivity contribution in [3.05, 3.63) is 24.3 Å². The summed E-state index contributed by atoms with van der Waals surface area (Å²) >= 11 is 0. The number of nitrogens with one attached hydrogen (secondary N) is 2. The molecule has 0 radical (unpaired) electrons. The van der Waals surface area contributed by atoms with E-state index in [4.69, 9.17) is 9.84 Å². The van der Waals surface area contributed by atoms with Crippen molar-refractivity contribution in [1.29, 1.82) is 0 Å². The summed E-state index contributed by atoms with van der Waals surface area (Å²) in [7, 11) is -2.35. The lowest BCUT2D eigenvalue weighted by atomic mass is 10.2. The van der Waals surface area contributed by atoms with Gasteiger partial charge in [-0.3, -0.25) is 0 Å². The van der Waals surface area contributed by atoms with Gasteiger partial charge in [0, 0.05) is 13.2 Å². The van der Waals surface area contributed by atoms with E-state index >= 15 is 0 Å². The molecule has 0 aliphatic heterocycles. The second-order valence-corrected chi connectivity index (χ2v) is 6.45. The van der Waals surface area contributed by atoms with Crippen LogP contribution in [0.1, 0.15) is 13.8 Å². The highest BCUT2D eigenvalue weighted by molar-refractivity contribution is 7.89. The molecule has 1 unspecified atom stereocenters. The molecule has 1 atom stereocenters. The minimum absolute atomic E-state index is 0.000975. The molecule has 0 fully saturated rings. The molecule has 0 aromatic heterocycles. The van der Waals surface area contributed by atoms with Crippen molar-refractivity contribution in [3.8, 4) is 0 Å². The zero-order valence-electron chi connectivity index (χ0n) is 12.2. The number of para-hydroxylation sites is 1. The van der Waals surface area contributed by atoms with Crippen molar-refractivity contribution in [2.75, 3.05) is 19.0 Å². The first-order valence-electron chi connectivity index (χ1n) is 6.37. The van der Waals surface area contributed by atoms with Crippen LogP contribution in [0.5, 0.6) is 0 Å². The summed E-state index contributed by atoms with van der Waals surface area (Å²) in [6.07, 6.45) is 0. The van der Waals surface area contributed by atoms with Gasteiger partial charge in [0.25, 0.3) is 0 Å².